The minimum absolute atomic E-state index is 0.397. The molecule has 0 aliphatic heterocycles. The van der Waals surface area contributed by atoms with Crippen LogP contribution < -0.4 is 16.4 Å². The molecule has 2 aromatic heterocycles. The van der Waals surface area contributed by atoms with Gasteiger partial charge in [0.25, 0.3) is 0 Å². The average Bonchev–Trinajstić information content (AvgIpc) is 3.38. The molecule has 1 aromatic carbocycles. The molecule has 0 bridgehead atoms. The van der Waals surface area contributed by atoms with Gasteiger partial charge in [-0.25, -0.2) is 4.98 Å². The van der Waals surface area contributed by atoms with E-state index in [1.165, 1.54) is 6.20 Å². The molecule has 8 nitrogen and oxygen atoms in total. The minimum atomic E-state index is -0.961. The summed E-state index contributed by atoms with van der Waals surface area (Å²) in [5.41, 5.74) is 9.48. The molecule has 4 N–H and O–H groups in total. The zero-order valence-corrected chi connectivity index (χ0v) is 16.3. The van der Waals surface area contributed by atoms with Gasteiger partial charge in [-0.1, -0.05) is 17.2 Å². The molecule has 1 unspecified atom stereocenters. The van der Waals surface area contributed by atoms with Crippen LogP contribution in [0.15, 0.2) is 30.5 Å². The van der Waals surface area contributed by atoms with Crippen LogP contribution in [0.25, 0.3) is 5.65 Å². The Labute approximate surface area is 165 Å². The van der Waals surface area contributed by atoms with Crippen LogP contribution in [-0.2, 0) is 23.5 Å². The van der Waals surface area contributed by atoms with Gasteiger partial charge in [0, 0.05) is 29.9 Å². The van der Waals surface area contributed by atoms with Crippen molar-refractivity contribution in [2.45, 2.75) is 31.2 Å². The lowest BCUT2D eigenvalue weighted by molar-refractivity contribution is 0.600. The Hall–Kier alpha value is -2.80. The van der Waals surface area contributed by atoms with Crippen LogP contribution in [0.3, 0.4) is 0 Å². The first kappa shape index (κ1) is 18.6. The SMILES string of the molecule is C[S+]([O-])Cc1cc(Nc2cc(NC3CC3)n3ncc(C#N)c3n2)ccc1CN. The minimum Gasteiger partial charge on any atom is -0.616 e. The highest BCUT2D eigenvalue weighted by molar-refractivity contribution is 7.89. The molecule has 4 rings (SSSR count). The van der Waals surface area contributed by atoms with Gasteiger partial charge < -0.3 is 20.9 Å². The number of nitrogens with one attached hydrogen (secondary N) is 2. The summed E-state index contributed by atoms with van der Waals surface area (Å²) < 4.78 is 13.3. The maximum Gasteiger partial charge on any atom is 0.177 e. The molecule has 0 radical (unpaired) electrons. The molecule has 1 saturated carbocycles. The first-order chi connectivity index (χ1) is 13.6. The van der Waals surface area contributed by atoms with Crippen LogP contribution in [-0.4, -0.2) is 31.4 Å². The number of benzene rings is 1. The fourth-order valence-electron chi connectivity index (χ4n) is 3.05. The van der Waals surface area contributed by atoms with E-state index in [0.29, 0.717) is 35.4 Å². The van der Waals surface area contributed by atoms with Crippen molar-refractivity contribution >= 4 is 34.1 Å². The van der Waals surface area contributed by atoms with E-state index in [4.69, 9.17) is 5.73 Å². The molecule has 1 aliphatic carbocycles. The van der Waals surface area contributed by atoms with Crippen LogP contribution in [0.4, 0.5) is 17.3 Å². The lowest BCUT2D eigenvalue weighted by Crippen LogP contribution is -2.10. The van der Waals surface area contributed by atoms with E-state index < -0.39 is 11.2 Å². The molecule has 0 amide bonds. The third-order valence-corrected chi connectivity index (χ3v) is 5.30. The first-order valence-corrected chi connectivity index (χ1v) is 10.7. The Morgan fingerprint density at radius 2 is 2.18 bits per heavy atom. The second-order valence-electron chi connectivity index (χ2n) is 6.88. The molecular formula is C19H21N7OS. The van der Waals surface area contributed by atoms with Crippen LogP contribution >= 0.6 is 0 Å². The summed E-state index contributed by atoms with van der Waals surface area (Å²) in [4.78, 5) is 4.57. The zero-order valence-electron chi connectivity index (χ0n) is 15.5. The molecule has 1 fully saturated rings. The van der Waals surface area contributed by atoms with E-state index in [2.05, 4.69) is 26.8 Å². The lowest BCUT2D eigenvalue weighted by Gasteiger charge is -2.14. The summed E-state index contributed by atoms with van der Waals surface area (Å²) in [5, 5.41) is 20.4. The second kappa shape index (κ2) is 7.67. The zero-order chi connectivity index (χ0) is 19.7. The molecule has 1 atom stereocenters. The number of aromatic nitrogens is 3. The Balaban J connectivity index is 1.70. The number of hydrogen-bond donors (Lipinski definition) is 3. The molecule has 3 aromatic rings. The molecular weight excluding hydrogens is 374 g/mol. The molecule has 1 aliphatic rings. The van der Waals surface area contributed by atoms with Gasteiger partial charge in [-0.15, -0.1) is 0 Å². The number of nitrogens with two attached hydrogens (primary N) is 1. The normalized spacial score (nSPS) is 14.6. The molecule has 144 valence electrons. The molecule has 28 heavy (non-hydrogen) atoms. The van der Waals surface area contributed by atoms with Gasteiger partial charge in [0.1, 0.15) is 29.0 Å². The molecule has 0 spiro atoms. The van der Waals surface area contributed by atoms with E-state index in [1.54, 1.807) is 10.8 Å². The number of nitrogens with zero attached hydrogens (tertiary/aromatic N) is 4. The largest absolute Gasteiger partial charge is 0.616 e. The summed E-state index contributed by atoms with van der Waals surface area (Å²) in [7, 11) is 0. The Morgan fingerprint density at radius 1 is 1.36 bits per heavy atom. The quantitative estimate of drug-likeness (QED) is 0.524. The van der Waals surface area contributed by atoms with E-state index in [1.807, 2.05) is 24.3 Å². The topological polar surface area (TPSA) is 127 Å². The van der Waals surface area contributed by atoms with Crippen molar-refractivity contribution in [2.24, 2.45) is 5.73 Å². The van der Waals surface area contributed by atoms with Gasteiger partial charge in [-0.05, 0) is 30.5 Å². The average molecular weight is 395 g/mol. The van der Waals surface area contributed by atoms with Crippen molar-refractivity contribution in [3.05, 3.63) is 47.2 Å². The summed E-state index contributed by atoms with van der Waals surface area (Å²) in [6.45, 7) is 0.397. The number of hydrogen-bond acceptors (Lipinski definition) is 7. The fraction of sp³-hybridized carbons (Fsp3) is 0.316. The van der Waals surface area contributed by atoms with E-state index in [0.717, 1.165) is 35.5 Å². The summed E-state index contributed by atoms with van der Waals surface area (Å²) in [6.07, 6.45) is 5.44. The van der Waals surface area contributed by atoms with Crippen molar-refractivity contribution < 1.29 is 4.55 Å². The third-order valence-electron chi connectivity index (χ3n) is 4.58. The number of fused-ring (bicyclic) bond motifs is 1. The van der Waals surface area contributed by atoms with Crippen molar-refractivity contribution in [2.75, 3.05) is 16.9 Å². The van der Waals surface area contributed by atoms with Gasteiger partial charge in [0.2, 0.25) is 0 Å². The van der Waals surface area contributed by atoms with Crippen molar-refractivity contribution in [3.63, 3.8) is 0 Å². The monoisotopic (exact) mass is 395 g/mol. The maximum absolute atomic E-state index is 11.7. The highest BCUT2D eigenvalue weighted by Gasteiger charge is 2.23. The number of nitriles is 1. The lowest BCUT2D eigenvalue weighted by atomic mass is 10.1. The summed E-state index contributed by atoms with van der Waals surface area (Å²) in [5.74, 6) is 1.85. The molecule has 9 heteroatoms. The van der Waals surface area contributed by atoms with E-state index >= 15 is 0 Å². The molecule has 0 saturated heterocycles. The van der Waals surface area contributed by atoms with E-state index in [9.17, 15) is 9.81 Å². The second-order valence-corrected chi connectivity index (χ2v) is 8.32. The standard InChI is InChI=1S/C19H21N7OS/c1-28(27)11-13-6-16(3-2-12(13)8-20)23-17-7-18(24-15-4-5-15)26-19(25-17)14(9-21)10-22-26/h2-3,6-7,10,15,24H,4-5,8,11,20H2,1H3,(H,23,25). The van der Waals surface area contributed by atoms with Crippen LogP contribution in [0.1, 0.15) is 29.5 Å². The van der Waals surface area contributed by atoms with Crippen molar-refractivity contribution in [3.8, 4) is 6.07 Å². The van der Waals surface area contributed by atoms with Gasteiger partial charge in [0.05, 0.1) is 12.5 Å². The van der Waals surface area contributed by atoms with Gasteiger partial charge in [0.15, 0.2) is 5.65 Å². The highest BCUT2D eigenvalue weighted by Crippen LogP contribution is 2.28. The Kier molecular flexibility index (Phi) is 5.09. The Morgan fingerprint density at radius 3 is 2.86 bits per heavy atom. The number of rotatable bonds is 7. The summed E-state index contributed by atoms with van der Waals surface area (Å²) >= 11 is -0.961. The van der Waals surface area contributed by atoms with E-state index in [-0.39, 0.29) is 0 Å². The summed E-state index contributed by atoms with van der Waals surface area (Å²) in [6, 6.07) is 10.3. The van der Waals surface area contributed by atoms with Crippen LogP contribution in [0.5, 0.6) is 0 Å². The van der Waals surface area contributed by atoms with Crippen LogP contribution in [0, 0.1) is 11.3 Å². The Bertz CT molecular complexity index is 1050. The van der Waals surface area contributed by atoms with Crippen LogP contribution in [0.2, 0.25) is 0 Å². The van der Waals surface area contributed by atoms with Crippen molar-refractivity contribution in [1.82, 2.24) is 14.6 Å². The predicted octanol–water partition coefficient (Wildman–Crippen LogP) is 2.26. The van der Waals surface area contributed by atoms with Crippen molar-refractivity contribution in [1.29, 1.82) is 5.26 Å². The van der Waals surface area contributed by atoms with Gasteiger partial charge in [-0.3, -0.25) is 0 Å². The smallest absolute Gasteiger partial charge is 0.177 e. The molecule has 2 heterocycles. The predicted molar refractivity (Wildman–Crippen MR) is 110 cm³/mol. The highest BCUT2D eigenvalue weighted by atomic mass is 32.2. The first-order valence-electron chi connectivity index (χ1n) is 9.01. The van der Waals surface area contributed by atoms with Gasteiger partial charge in [-0.2, -0.15) is 14.9 Å². The third kappa shape index (κ3) is 3.89. The number of anilines is 3. The fourth-order valence-corrected chi connectivity index (χ4v) is 3.76. The maximum atomic E-state index is 11.7. The van der Waals surface area contributed by atoms with Gasteiger partial charge >= 0.3 is 0 Å².